The van der Waals surface area contributed by atoms with E-state index in [2.05, 4.69) is 9.71 Å². The summed E-state index contributed by atoms with van der Waals surface area (Å²) >= 11 is 0. The van der Waals surface area contributed by atoms with Crippen molar-refractivity contribution < 1.29 is 18.3 Å². The van der Waals surface area contributed by atoms with Crippen LogP contribution in [0.4, 0.5) is 0 Å². The molecule has 2 N–H and O–H groups in total. The highest BCUT2D eigenvalue weighted by Gasteiger charge is 2.25. The summed E-state index contributed by atoms with van der Waals surface area (Å²) < 4.78 is 27.1. The molecule has 0 bridgehead atoms. The summed E-state index contributed by atoms with van der Waals surface area (Å²) in [5, 5.41) is 9.55. The zero-order valence-electron chi connectivity index (χ0n) is 11.5. The van der Waals surface area contributed by atoms with Gasteiger partial charge in [0.2, 0.25) is 10.0 Å². The van der Waals surface area contributed by atoms with Crippen molar-refractivity contribution in [2.45, 2.75) is 30.7 Å². The first-order valence-electron chi connectivity index (χ1n) is 6.54. The quantitative estimate of drug-likeness (QED) is 0.847. The first-order valence-corrected chi connectivity index (χ1v) is 8.03. The molecule has 1 aromatic carbocycles. The Morgan fingerprint density at radius 1 is 1.33 bits per heavy atom. The second-order valence-electron chi connectivity index (χ2n) is 4.63. The SMILES string of the molecule is CCCC(NS(=O)(=O)c1cccc2ncccc12)C(=O)O. The van der Waals surface area contributed by atoms with Gasteiger partial charge in [0.15, 0.2) is 0 Å². The average molecular weight is 308 g/mol. The van der Waals surface area contributed by atoms with Crippen LogP contribution in [0.15, 0.2) is 41.4 Å². The Morgan fingerprint density at radius 3 is 2.76 bits per heavy atom. The standard InChI is InChI=1S/C14H16N2O4S/c1-2-5-12(14(17)18)16-21(19,20)13-8-3-7-11-10(13)6-4-9-15-11/h3-4,6-9,12,16H,2,5H2,1H3,(H,17,18). The van der Waals surface area contributed by atoms with Crippen LogP contribution in [0, 0.1) is 0 Å². The zero-order valence-corrected chi connectivity index (χ0v) is 12.3. The van der Waals surface area contributed by atoms with Gasteiger partial charge in [0.05, 0.1) is 10.4 Å². The maximum atomic E-state index is 12.4. The Morgan fingerprint density at radius 2 is 2.10 bits per heavy atom. The number of nitrogens with one attached hydrogen (secondary N) is 1. The fourth-order valence-corrected chi connectivity index (χ4v) is 3.52. The van der Waals surface area contributed by atoms with Gasteiger partial charge in [0.1, 0.15) is 6.04 Å². The highest BCUT2D eigenvalue weighted by atomic mass is 32.2. The second kappa shape index (κ2) is 6.19. The first kappa shape index (κ1) is 15.4. The predicted octanol–water partition coefficient (Wildman–Crippen LogP) is 1.77. The summed E-state index contributed by atoms with van der Waals surface area (Å²) in [7, 11) is -3.92. The molecule has 0 aliphatic carbocycles. The fraction of sp³-hybridized carbons (Fsp3) is 0.286. The number of hydrogen-bond acceptors (Lipinski definition) is 4. The van der Waals surface area contributed by atoms with Crippen molar-refractivity contribution in [3.63, 3.8) is 0 Å². The summed E-state index contributed by atoms with van der Waals surface area (Å²) in [6, 6.07) is 6.88. The molecule has 2 aromatic rings. The van der Waals surface area contributed by atoms with Gasteiger partial charge in [-0.2, -0.15) is 4.72 Å². The smallest absolute Gasteiger partial charge is 0.321 e. The largest absolute Gasteiger partial charge is 0.480 e. The Hall–Kier alpha value is -1.99. The number of hydrogen-bond donors (Lipinski definition) is 2. The zero-order chi connectivity index (χ0) is 15.5. The molecule has 0 amide bonds. The van der Waals surface area contributed by atoms with Crippen molar-refractivity contribution in [2.24, 2.45) is 0 Å². The Bertz CT molecular complexity index is 753. The molecule has 6 nitrogen and oxygen atoms in total. The number of pyridine rings is 1. The van der Waals surface area contributed by atoms with Crippen LogP contribution in [0.1, 0.15) is 19.8 Å². The molecule has 7 heteroatoms. The number of rotatable bonds is 6. The van der Waals surface area contributed by atoms with Gasteiger partial charge in [-0.1, -0.05) is 19.4 Å². The van der Waals surface area contributed by atoms with Crippen molar-refractivity contribution in [3.8, 4) is 0 Å². The third-order valence-corrected chi connectivity index (χ3v) is 4.60. The van der Waals surface area contributed by atoms with E-state index in [0.29, 0.717) is 17.3 Å². The van der Waals surface area contributed by atoms with Gasteiger partial charge in [0, 0.05) is 11.6 Å². The van der Waals surface area contributed by atoms with Gasteiger partial charge in [-0.15, -0.1) is 0 Å². The lowest BCUT2D eigenvalue weighted by atomic mass is 10.2. The topological polar surface area (TPSA) is 96.4 Å². The number of carboxylic acid groups (broad SMARTS) is 1. The molecule has 1 unspecified atom stereocenters. The van der Waals surface area contributed by atoms with Gasteiger partial charge >= 0.3 is 5.97 Å². The van der Waals surface area contributed by atoms with E-state index in [1.54, 1.807) is 37.4 Å². The van der Waals surface area contributed by atoms with Crippen LogP contribution in [0.5, 0.6) is 0 Å². The summed E-state index contributed by atoms with van der Waals surface area (Å²) in [4.78, 5) is 15.3. The van der Waals surface area contributed by atoms with Crippen LogP contribution >= 0.6 is 0 Å². The summed E-state index contributed by atoms with van der Waals surface area (Å²) in [6.07, 6.45) is 2.37. The normalized spacial score (nSPS) is 13.2. The van der Waals surface area contributed by atoms with E-state index >= 15 is 0 Å². The van der Waals surface area contributed by atoms with Crippen molar-refractivity contribution in [2.75, 3.05) is 0 Å². The first-order chi connectivity index (χ1) is 9.95. The minimum atomic E-state index is -3.92. The van der Waals surface area contributed by atoms with Crippen LogP contribution in [-0.2, 0) is 14.8 Å². The molecule has 21 heavy (non-hydrogen) atoms. The van der Waals surface area contributed by atoms with Gasteiger partial charge in [-0.3, -0.25) is 9.78 Å². The van der Waals surface area contributed by atoms with Crippen LogP contribution < -0.4 is 4.72 Å². The molecule has 1 heterocycles. The lowest BCUT2D eigenvalue weighted by Crippen LogP contribution is -2.40. The molecule has 1 atom stereocenters. The van der Waals surface area contributed by atoms with Crippen molar-refractivity contribution in [1.29, 1.82) is 0 Å². The number of aromatic nitrogens is 1. The van der Waals surface area contributed by atoms with Crippen LogP contribution in [-0.4, -0.2) is 30.5 Å². The third-order valence-electron chi connectivity index (χ3n) is 3.07. The Labute approximate surface area is 122 Å². The number of aliphatic carboxylic acids is 1. The number of carboxylic acids is 1. The van der Waals surface area contributed by atoms with E-state index in [9.17, 15) is 13.2 Å². The molecule has 0 radical (unpaired) electrons. The van der Waals surface area contributed by atoms with Gasteiger partial charge in [0.25, 0.3) is 0 Å². The lowest BCUT2D eigenvalue weighted by molar-refractivity contribution is -0.139. The molecule has 0 aliphatic rings. The molecule has 0 spiro atoms. The molecule has 0 fully saturated rings. The van der Waals surface area contributed by atoms with E-state index in [1.165, 1.54) is 6.07 Å². The molecule has 0 aliphatic heterocycles. The van der Waals surface area contributed by atoms with Crippen LogP contribution in [0.3, 0.4) is 0 Å². The maximum absolute atomic E-state index is 12.4. The number of carbonyl (C=O) groups is 1. The van der Waals surface area contributed by atoms with E-state index in [4.69, 9.17) is 5.11 Å². The molecule has 1 aromatic heterocycles. The highest BCUT2D eigenvalue weighted by molar-refractivity contribution is 7.89. The van der Waals surface area contributed by atoms with E-state index in [-0.39, 0.29) is 11.3 Å². The number of nitrogens with zero attached hydrogens (tertiary/aromatic N) is 1. The van der Waals surface area contributed by atoms with Crippen LogP contribution in [0.25, 0.3) is 10.9 Å². The fourth-order valence-electron chi connectivity index (χ4n) is 2.08. The molecule has 112 valence electrons. The minimum Gasteiger partial charge on any atom is -0.480 e. The van der Waals surface area contributed by atoms with E-state index < -0.39 is 22.0 Å². The highest BCUT2D eigenvalue weighted by Crippen LogP contribution is 2.21. The van der Waals surface area contributed by atoms with Crippen molar-refractivity contribution >= 4 is 26.9 Å². The number of benzene rings is 1. The molecule has 0 saturated heterocycles. The maximum Gasteiger partial charge on any atom is 0.321 e. The monoisotopic (exact) mass is 308 g/mol. The summed E-state index contributed by atoms with van der Waals surface area (Å²) in [5.74, 6) is -1.18. The predicted molar refractivity (Wildman–Crippen MR) is 78.4 cm³/mol. The van der Waals surface area contributed by atoms with Gasteiger partial charge in [-0.05, 0) is 30.7 Å². The molecule has 2 rings (SSSR count). The average Bonchev–Trinajstić information content (AvgIpc) is 2.46. The lowest BCUT2D eigenvalue weighted by Gasteiger charge is -2.15. The number of sulfonamides is 1. The van der Waals surface area contributed by atoms with Crippen LogP contribution in [0.2, 0.25) is 0 Å². The van der Waals surface area contributed by atoms with E-state index in [1.807, 2.05) is 0 Å². The minimum absolute atomic E-state index is 0.0375. The molecule has 0 saturated carbocycles. The Balaban J connectivity index is 2.44. The summed E-state index contributed by atoms with van der Waals surface area (Å²) in [6.45, 7) is 1.80. The summed E-state index contributed by atoms with van der Waals surface area (Å²) in [5.41, 5.74) is 0.544. The van der Waals surface area contributed by atoms with E-state index in [0.717, 1.165) is 0 Å². The number of fused-ring (bicyclic) bond motifs is 1. The van der Waals surface area contributed by atoms with Gasteiger partial charge < -0.3 is 5.11 Å². The van der Waals surface area contributed by atoms with Crippen molar-refractivity contribution in [3.05, 3.63) is 36.5 Å². The molecular formula is C14H16N2O4S. The second-order valence-corrected chi connectivity index (χ2v) is 6.31. The Kier molecular flexibility index (Phi) is 4.54. The molecular weight excluding hydrogens is 292 g/mol. The van der Waals surface area contributed by atoms with Gasteiger partial charge in [-0.25, -0.2) is 8.42 Å². The van der Waals surface area contributed by atoms with Crippen molar-refractivity contribution in [1.82, 2.24) is 9.71 Å². The third kappa shape index (κ3) is 3.37.